The van der Waals surface area contributed by atoms with Gasteiger partial charge in [-0.3, -0.25) is 0 Å². The molecular formula is C16H13ClF2N2. The molecule has 0 aliphatic rings. The summed E-state index contributed by atoms with van der Waals surface area (Å²) >= 11 is 5.94. The zero-order valence-corrected chi connectivity index (χ0v) is 12.3. The van der Waals surface area contributed by atoms with Crippen molar-refractivity contribution in [3.05, 3.63) is 64.2 Å². The van der Waals surface area contributed by atoms with E-state index >= 15 is 0 Å². The van der Waals surface area contributed by atoms with E-state index in [1.54, 1.807) is 31.3 Å². The Hall–Kier alpha value is -2.12. The number of hydrogen-bond donors (Lipinski definition) is 0. The smallest absolute Gasteiger partial charge is 0.150 e. The highest BCUT2D eigenvalue weighted by Crippen LogP contribution is 2.31. The van der Waals surface area contributed by atoms with Crippen molar-refractivity contribution in [3.8, 4) is 6.07 Å². The van der Waals surface area contributed by atoms with Crippen LogP contribution in [0, 0.1) is 23.0 Å². The van der Waals surface area contributed by atoms with E-state index in [1.165, 1.54) is 4.90 Å². The summed E-state index contributed by atoms with van der Waals surface area (Å²) in [6, 6.07) is 10.6. The number of rotatable bonds is 3. The SMILES string of the molecule is CC(c1cccc(Cl)c1)N(C)c1c(F)cc(C#N)cc1F. The van der Waals surface area contributed by atoms with Gasteiger partial charge in [0.2, 0.25) is 0 Å². The Kier molecular flexibility index (Phi) is 4.44. The summed E-state index contributed by atoms with van der Waals surface area (Å²) in [7, 11) is 1.60. The number of nitriles is 1. The molecule has 0 radical (unpaired) electrons. The van der Waals surface area contributed by atoms with Gasteiger partial charge < -0.3 is 4.90 Å². The highest BCUT2D eigenvalue weighted by molar-refractivity contribution is 6.30. The van der Waals surface area contributed by atoms with Gasteiger partial charge in [-0.1, -0.05) is 23.7 Å². The van der Waals surface area contributed by atoms with Gasteiger partial charge in [0, 0.05) is 12.1 Å². The second-order valence-electron chi connectivity index (χ2n) is 4.74. The molecule has 0 saturated heterocycles. The standard InChI is InChI=1S/C16H13ClF2N2/c1-10(12-4-3-5-13(17)8-12)21(2)16-14(18)6-11(9-20)7-15(16)19/h3-8,10H,1-2H3. The highest BCUT2D eigenvalue weighted by atomic mass is 35.5. The van der Waals surface area contributed by atoms with Crippen LogP contribution in [-0.2, 0) is 0 Å². The first-order valence-corrected chi connectivity index (χ1v) is 6.69. The van der Waals surface area contributed by atoms with Gasteiger partial charge in [0.1, 0.15) is 5.69 Å². The molecule has 0 N–H and O–H groups in total. The third kappa shape index (κ3) is 3.14. The molecule has 2 nitrogen and oxygen atoms in total. The van der Waals surface area contributed by atoms with E-state index in [9.17, 15) is 8.78 Å². The van der Waals surface area contributed by atoms with E-state index in [0.717, 1.165) is 17.7 Å². The van der Waals surface area contributed by atoms with Gasteiger partial charge >= 0.3 is 0 Å². The summed E-state index contributed by atoms with van der Waals surface area (Å²) in [5, 5.41) is 9.29. The zero-order chi connectivity index (χ0) is 15.6. The number of halogens is 3. The van der Waals surface area contributed by atoms with Crippen LogP contribution < -0.4 is 4.90 Å². The fourth-order valence-corrected chi connectivity index (χ4v) is 2.35. The molecule has 108 valence electrons. The lowest BCUT2D eigenvalue weighted by molar-refractivity contribution is 0.565. The maximum absolute atomic E-state index is 14.0. The molecule has 0 aliphatic heterocycles. The van der Waals surface area contributed by atoms with Crippen LogP contribution >= 0.6 is 11.6 Å². The Morgan fingerprint density at radius 3 is 2.33 bits per heavy atom. The lowest BCUT2D eigenvalue weighted by atomic mass is 10.1. The largest absolute Gasteiger partial charge is 0.363 e. The van der Waals surface area contributed by atoms with Gasteiger partial charge in [-0.25, -0.2) is 8.78 Å². The van der Waals surface area contributed by atoms with Crippen molar-refractivity contribution in [2.45, 2.75) is 13.0 Å². The lowest BCUT2D eigenvalue weighted by Crippen LogP contribution is -2.24. The lowest BCUT2D eigenvalue weighted by Gasteiger charge is -2.28. The van der Waals surface area contributed by atoms with Crippen LogP contribution in [-0.4, -0.2) is 7.05 Å². The molecule has 1 atom stereocenters. The Morgan fingerprint density at radius 1 is 1.19 bits per heavy atom. The topological polar surface area (TPSA) is 27.0 Å². The molecule has 2 rings (SSSR count). The minimum Gasteiger partial charge on any atom is -0.363 e. The molecule has 0 saturated carbocycles. The average molecular weight is 307 g/mol. The Bertz CT molecular complexity index is 687. The molecule has 0 bridgehead atoms. The van der Waals surface area contributed by atoms with Crippen LogP contribution in [0.1, 0.15) is 24.1 Å². The van der Waals surface area contributed by atoms with Gasteiger partial charge in [0.25, 0.3) is 0 Å². The van der Waals surface area contributed by atoms with Crippen molar-refractivity contribution in [2.75, 3.05) is 11.9 Å². The van der Waals surface area contributed by atoms with Crippen molar-refractivity contribution < 1.29 is 8.78 Å². The third-order valence-corrected chi connectivity index (χ3v) is 3.65. The van der Waals surface area contributed by atoms with E-state index in [-0.39, 0.29) is 17.3 Å². The molecule has 0 amide bonds. The molecule has 5 heteroatoms. The first-order valence-electron chi connectivity index (χ1n) is 6.31. The van der Waals surface area contributed by atoms with Crippen molar-refractivity contribution in [1.82, 2.24) is 0 Å². The predicted octanol–water partition coefficient (Wildman–Crippen LogP) is 4.69. The fraction of sp³-hybridized carbons (Fsp3) is 0.188. The molecule has 1 unspecified atom stereocenters. The number of nitrogens with zero attached hydrogens (tertiary/aromatic N) is 2. The molecular weight excluding hydrogens is 294 g/mol. The predicted molar refractivity (Wildman–Crippen MR) is 79.3 cm³/mol. The molecule has 0 heterocycles. The van der Waals surface area contributed by atoms with Crippen molar-refractivity contribution in [1.29, 1.82) is 5.26 Å². The first-order chi connectivity index (χ1) is 9.93. The van der Waals surface area contributed by atoms with Gasteiger partial charge in [0.05, 0.1) is 17.7 Å². The van der Waals surface area contributed by atoms with Crippen LogP contribution in [0.15, 0.2) is 36.4 Å². The second-order valence-corrected chi connectivity index (χ2v) is 5.18. The zero-order valence-electron chi connectivity index (χ0n) is 11.6. The van der Waals surface area contributed by atoms with E-state index in [0.29, 0.717) is 5.02 Å². The van der Waals surface area contributed by atoms with Crippen LogP contribution in [0.5, 0.6) is 0 Å². The summed E-state index contributed by atoms with van der Waals surface area (Å²) < 4.78 is 28.1. The Morgan fingerprint density at radius 2 is 1.81 bits per heavy atom. The van der Waals surface area contributed by atoms with Crippen molar-refractivity contribution >= 4 is 17.3 Å². The summed E-state index contributed by atoms with van der Waals surface area (Å²) in [6.45, 7) is 1.82. The van der Waals surface area contributed by atoms with Gasteiger partial charge in [-0.05, 0) is 36.8 Å². The van der Waals surface area contributed by atoms with Gasteiger partial charge in [-0.2, -0.15) is 5.26 Å². The van der Waals surface area contributed by atoms with Crippen molar-refractivity contribution in [2.24, 2.45) is 0 Å². The molecule has 2 aromatic carbocycles. The van der Waals surface area contributed by atoms with E-state index < -0.39 is 11.6 Å². The number of hydrogen-bond acceptors (Lipinski definition) is 2. The second kappa shape index (κ2) is 6.11. The molecule has 21 heavy (non-hydrogen) atoms. The molecule has 0 spiro atoms. The van der Waals surface area contributed by atoms with Crippen LogP contribution in [0.4, 0.5) is 14.5 Å². The normalized spacial score (nSPS) is 11.8. The van der Waals surface area contributed by atoms with Gasteiger partial charge in [-0.15, -0.1) is 0 Å². The molecule has 0 aliphatic carbocycles. The maximum atomic E-state index is 14.0. The minimum absolute atomic E-state index is 0.0439. The fourth-order valence-electron chi connectivity index (χ4n) is 2.15. The van der Waals surface area contributed by atoms with Gasteiger partial charge in [0.15, 0.2) is 11.6 Å². The highest BCUT2D eigenvalue weighted by Gasteiger charge is 2.20. The Balaban J connectivity index is 2.40. The Labute approximate surface area is 127 Å². The van der Waals surface area contributed by atoms with Crippen LogP contribution in [0.2, 0.25) is 5.02 Å². The van der Waals surface area contributed by atoms with Crippen molar-refractivity contribution in [3.63, 3.8) is 0 Å². The third-order valence-electron chi connectivity index (χ3n) is 3.41. The molecule has 0 aromatic heterocycles. The van der Waals surface area contributed by atoms with E-state index in [4.69, 9.17) is 16.9 Å². The number of anilines is 1. The monoisotopic (exact) mass is 306 g/mol. The quantitative estimate of drug-likeness (QED) is 0.822. The average Bonchev–Trinajstić information content (AvgIpc) is 2.45. The van der Waals surface area contributed by atoms with E-state index in [2.05, 4.69) is 0 Å². The summed E-state index contributed by atoms with van der Waals surface area (Å²) in [5.74, 6) is -1.52. The first kappa shape index (κ1) is 15.3. The summed E-state index contributed by atoms with van der Waals surface area (Å²) in [6.07, 6.45) is 0. The summed E-state index contributed by atoms with van der Waals surface area (Å²) in [4.78, 5) is 1.48. The molecule has 0 fully saturated rings. The number of benzene rings is 2. The van der Waals surface area contributed by atoms with E-state index in [1.807, 2.05) is 13.0 Å². The van der Waals surface area contributed by atoms with Crippen LogP contribution in [0.25, 0.3) is 0 Å². The minimum atomic E-state index is -0.761. The maximum Gasteiger partial charge on any atom is 0.150 e. The van der Waals surface area contributed by atoms with Crippen LogP contribution in [0.3, 0.4) is 0 Å². The summed E-state index contributed by atoms with van der Waals surface area (Å²) in [5.41, 5.74) is 0.632. The molecule has 2 aromatic rings.